The Hall–Kier alpha value is -4.39. The molecule has 0 spiro atoms. The van der Waals surface area contributed by atoms with Gasteiger partial charge in [-0.25, -0.2) is 13.5 Å². The van der Waals surface area contributed by atoms with Crippen LogP contribution >= 0.6 is 11.3 Å². The Morgan fingerprint density at radius 1 is 1.00 bits per heavy atom. The molecule has 2 aromatic heterocycles. The molecule has 12 heteroatoms. The number of pyridine rings is 1. The standard InChI is InChI=1S/C29H26N4O6S2/c1-19-15-21(24-9-5-6-10-25(24)30-19)18-38-22-11-13-23(14-12-22)41(36,37)33-26(16-27-31-32-29(35)40-27)28(34)39-17-20-7-3-2-4-8-20/h2-15,26,33H,16-18H2,1H3,(H,32,35)/t26-/m1/s1. The lowest BCUT2D eigenvalue weighted by molar-refractivity contribution is -0.147. The Morgan fingerprint density at radius 2 is 1.73 bits per heavy atom. The van der Waals surface area contributed by atoms with Crippen molar-refractivity contribution in [2.75, 3.05) is 0 Å². The van der Waals surface area contributed by atoms with Crippen LogP contribution in [-0.2, 0) is 39.2 Å². The van der Waals surface area contributed by atoms with E-state index in [1.807, 2.05) is 43.3 Å². The second-order valence-corrected chi connectivity index (χ2v) is 11.9. The number of hydrogen-bond acceptors (Lipinski definition) is 9. The molecule has 5 rings (SSSR count). The number of rotatable bonds is 11. The summed E-state index contributed by atoms with van der Waals surface area (Å²) in [4.78, 5) is 28.6. The summed E-state index contributed by atoms with van der Waals surface area (Å²) in [5, 5.41) is 7.38. The van der Waals surface area contributed by atoms with Crippen molar-refractivity contribution in [3.8, 4) is 5.75 Å². The topological polar surface area (TPSA) is 140 Å². The maximum atomic E-state index is 13.2. The summed E-state index contributed by atoms with van der Waals surface area (Å²) in [5.74, 6) is -0.317. The summed E-state index contributed by atoms with van der Waals surface area (Å²) in [6, 6.07) is 23.3. The Kier molecular flexibility index (Phi) is 8.53. The van der Waals surface area contributed by atoms with Gasteiger partial charge in [0, 0.05) is 23.1 Å². The number of carbonyl (C=O) groups excluding carboxylic acids is 1. The number of nitrogens with one attached hydrogen (secondary N) is 2. The number of nitrogens with zero attached hydrogens (tertiary/aromatic N) is 2. The molecule has 210 valence electrons. The van der Waals surface area contributed by atoms with Crippen molar-refractivity contribution in [2.45, 2.75) is 37.5 Å². The summed E-state index contributed by atoms with van der Waals surface area (Å²) >= 11 is 0.791. The number of aromatic amines is 1. The minimum absolute atomic E-state index is 0.0347. The zero-order chi connectivity index (χ0) is 28.8. The molecule has 2 heterocycles. The van der Waals surface area contributed by atoms with Crippen LogP contribution in [0, 0.1) is 6.92 Å². The molecular weight excluding hydrogens is 564 g/mol. The second-order valence-electron chi connectivity index (χ2n) is 9.18. The van der Waals surface area contributed by atoms with Gasteiger partial charge >= 0.3 is 10.8 Å². The molecule has 2 N–H and O–H groups in total. The highest BCUT2D eigenvalue weighted by molar-refractivity contribution is 7.89. The quantitative estimate of drug-likeness (QED) is 0.221. The fourth-order valence-corrected chi connectivity index (χ4v) is 6.00. The lowest BCUT2D eigenvalue weighted by atomic mass is 10.1. The van der Waals surface area contributed by atoms with Gasteiger partial charge in [-0.05, 0) is 48.9 Å². The minimum atomic E-state index is -4.15. The molecule has 0 aliphatic carbocycles. The average Bonchev–Trinajstić information content (AvgIpc) is 3.39. The van der Waals surface area contributed by atoms with Crippen LogP contribution in [0.5, 0.6) is 5.75 Å². The highest BCUT2D eigenvalue weighted by Gasteiger charge is 2.28. The summed E-state index contributed by atoms with van der Waals surface area (Å²) in [5.41, 5.74) is 3.45. The van der Waals surface area contributed by atoms with Gasteiger partial charge in [-0.1, -0.05) is 59.9 Å². The third-order valence-electron chi connectivity index (χ3n) is 6.13. The molecule has 0 unspecified atom stereocenters. The summed E-state index contributed by atoms with van der Waals surface area (Å²) in [6.45, 7) is 2.16. The molecule has 0 saturated heterocycles. The van der Waals surface area contributed by atoms with Gasteiger partial charge in [-0.15, -0.1) is 0 Å². The van der Waals surface area contributed by atoms with Gasteiger partial charge in [-0.3, -0.25) is 14.6 Å². The van der Waals surface area contributed by atoms with E-state index in [2.05, 4.69) is 19.9 Å². The van der Waals surface area contributed by atoms with E-state index in [0.717, 1.165) is 39.1 Å². The smallest absolute Gasteiger partial charge is 0.324 e. The number of fused-ring (bicyclic) bond motifs is 1. The first-order valence-corrected chi connectivity index (χ1v) is 14.9. The molecule has 5 aromatic rings. The first-order valence-electron chi connectivity index (χ1n) is 12.6. The number of esters is 1. The Balaban J connectivity index is 1.28. The zero-order valence-corrected chi connectivity index (χ0v) is 23.6. The molecule has 0 bridgehead atoms. The van der Waals surface area contributed by atoms with Gasteiger partial charge < -0.3 is 9.47 Å². The van der Waals surface area contributed by atoms with E-state index in [0.29, 0.717) is 5.75 Å². The van der Waals surface area contributed by atoms with E-state index in [1.54, 1.807) is 36.4 Å². The third kappa shape index (κ3) is 7.23. The van der Waals surface area contributed by atoms with Crippen molar-refractivity contribution in [1.29, 1.82) is 0 Å². The van der Waals surface area contributed by atoms with Crippen molar-refractivity contribution in [3.05, 3.63) is 116 Å². The number of ether oxygens (including phenoxy) is 2. The van der Waals surface area contributed by atoms with Crippen molar-refractivity contribution in [1.82, 2.24) is 19.9 Å². The lowest BCUT2D eigenvalue weighted by Gasteiger charge is -2.17. The Labute approximate surface area is 240 Å². The number of sulfonamides is 1. The number of carbonyl (C=O) groups is 1. The van der Waals surface area contributed by atoms with E-state index >= 15 is 0 Å². The van der Waals surface area contributed by atoms with Gasteiger partial charge in [-0.2, -0.15) is 9.82 Å². The summed E-state index contributed by atoms with van der Waals surface area (Å²) in [6.07, 6.45) is -0.156. The first-order chi connectivity index (χ1) is 19.8. The molecule has 0 aliphatic heterocycles. The van der Waals surface area contributed by atoms with Crippen molar-refractivity contribution >= 4 is 38.2 Å². The van der Waals surface area contributed by atoms with Crippen LogP contribution in [0.1, 0.15) is 21.8 Å². The van der Waals surface area contributed by atoms with Crippen LogP contribution in [0.2, 0.25) is 0 Å². The van der Waals surface area contributed by atoms with Gasteiger partial charge in [0.2, 0.25) is 10.0 Å². The summed E-state index contributed by atoms with van der Waals surface area (Å²) in [7, 11) is -4.15. The van der Waals surface area contributed by atoms with Gasteiger partial charge in [0.1, 0.15) is 30.0 Å². The van der Waals surface area contributed by atoms with Crippen LogP contribution in [0.4, 0.5) is 0 Å². The van der Waals surface area contributed by atoms with E-state index in [1.165, 1.54) is 12.1 Å². The molecule has 41 heavy (non-hydrogen) atoms. The van der Waals surface area contributed by atoms with E-state index in [9.17, 15) is 18.0 Å². The molecule has 0 amide bonds. The SMILES string of the molecule is Cc1cc(COc2ccc(S(=O)(=O)N[C@H](Cc3n[nH]c(=O)s3)C(=O)OCc3ccccc3)cc2)c2ccccc2n1. The molecule has 0 radical (unpaired) electrons. The number of H-pyrrole nitrogens is 1. The van der Waals surface area contributed by atoms with Crippen LogP contribution in [0.3, 0.4) is 0 Å². The molecule has 10 nitrogen and oxygen atoms in total. The Bertz CT molecular complexity index is 1820. The van der Waals surface area contributed by atoms with Crippen LogP contribution in [-0.4, -0.2) is 35.6 Å². The number of aromatic nitrogens is 3. The maximum absolute atomic E-state index is 13.2. The Morgan fingerprint density at radius 3 is 2.46 bits per heavy atom. The van der Waals surface area contributed by atoms with Gasteiger partial charge in [0.05, 0.1) is 10.4 Å². The van der Waals surface area contributed by atoms with E-state index < -0.39 is 26.9 Å². The van der Waals surface area contributed by atoms with Crippen molar-refractivity contribution < 1.29 is 22.7 Å². The van der Waals surface area contributed by atoms with Crippen molar-refractivity contribution in [2.24, 2.45) is 0 Å². The average molecular weight is 591 g/mol. The monoisotopic (exact) mass is 590 g/mol. The minimum Gasteiger partial charge on any atom is -0.489 e. The largest absolute Gasteiger partial charge is 0.489 e. The van der Waals surface area contributed by atoms with E-state index in [-0.39, 0.29) is 29.5 Å². The first kappa shape index (κ1) is 28.1. The fraction of sp³-hybridized carbons (Fsp3) is 0.172. The van der Waals surface area contributed by atoms with Gasteiger partial charge in [0.25, 0.3) is 0 Å². The third-order valence-corrected chi connectivity index (χ3v) is 8.38. The molecule has 0 fully saturated rings. The predicted octanol–water partition coefficient (Wildman–Crippen LogP) is 3.90. The number of para-hydroxylation sites is 1. The zero-order valence-electron chi connectivity index (χ0n) is 21.9. The number of aryl methyl sites for hydroxylation is 1. The highest BCUT2D eigenvalue weighted by atomic mass is 32.2. The highest BCUT2D eigenvalue weighted by Crippen LogP contribution is 2.22. The van der Waals surface area contributed by atoms with E-state index in [4.69, 9.17) is 9.47 Å². The number of benzene rings is 3. The normalized spacial score (nSPS) is 12.2. The predicted molar refractivity (Wildman–Crippen MR) is 154 cm³/mol. The van der Waals surface area contributed by atoms with Crippen LogP contribution in [0.25, 0.3) is 10.9 Å². The molecule has 0 aliphatic rings. The molecular formula is C29H26N4O6S2. The molecule has 0 saturated carbocycles. The fourth-order valence-electron chi connectivity index (χ4n) is 4.17. The van der Waals surface area contributed by atoms with Crippen LogP contribution in [0.15, 0.2) is 94.6 Å². The molecule has 1 atom stereocenters. The number of hydrogen-bond donors (Lipinski definition) is 2. The van der Waals surface area contributed by atoms with Crippen molar-refractivity contribution in [3.63, 3.8) is 0 Å². The van der Waals surface area contributed by atoms with Gasteiger partial charge in [0.15, 0.2) is 0 Å². The second kappa shape index (κ2) is 12.4. The van der Waals surface area contributed by atoms with Crippen LogP contribution < -0.4 is 14.3 Å². The summed E-state index contributed by atoms with van der Waals surface area (Å²) < 4.78 is 40.2. The lowest BCUT2D eigenvalue weighted by Crippen LogP contribution is -2.43. The maximum Gasteiger partial charge on any atom is 0.324 e. The molecule has 3 aromatic carbocycles.